The predicted octanol–water partition coefficient (Wildman–Crippen LogP) is 3.05. The lowest BCUT2D eigenvalue weighted by Gasteiger charge is -2.06. The first-order chi connectivity index (χ1) is 7.63. The summed E-state index contributed by atoms with van der Waals surface area (Å²) >= 11 is 3.29. The quantitative estimate of drug-likeness (QED) is 0.886. The largest absolute Gasteiger partial charge is 0.356 e. The average Bonchev–Trinajstić information content (AvgIpc) is 2.23. The van der Waals surface area contributed by atoms with Crippen LogP contribution in [0.3, 0.4) is 0 Å². The van der Waals surface area contributed by atoms with Crippen LogP contribution in [0.25, 0.3) is 0 Å². The predicted molar refractivity (Wildman–Crippen MR) is 65.7 cm³/mol. The Hall–Kier alpha value is -0.900. The van der Waals surface area contributed by atoms with Crippen LogP contribution in [0.2, 0.25) is 0 Å². The van der Waals surface area contributed by atoms with E-state index in [4.69, 9.17) is 0 Å². The van der Waals surface area contributed by atoms with E-state index in [1.165, 1.54) is 6.07 Å². The second kappa shape index (κ2) is 6.63. The molecule has 0 atom stereocenters. The molecule has 1 aromatic carbocycles. The number of nitrogens with one attached hydrogen (secondary N) is 1. The van der Waals surface area contributed by atoms with Crippen molar-refractivity contribution in [1.82, 2.24) is 5.32 Å². The Morgan fingerprint density at radius 1 is 1.50 bits per heavy atom. The van der Waals surface area contributed by atoms with E-state index in [1.807, 2.05) is 6.92 Å². The zero-order chi connectivity index (χ0) is 12.0. The Bertz CT molecular complexity index is 368. The fourth-order valence-electron chi connectivity index (χ4n) is 1.39. The number of hydrogen-bond acceptors (Lipinski definition) is 1. The summed E-state index contributed by atoms with van der Waals surface area (Å²) in [5.41, 5.74) is 0.617. The minimum Gasteiger partial charge on any atom is -0.356 e. The van der Waals surface area contributed by atoms with Gasteiger partial charge >= 0.3 is 0 Å². The molecule has 16 heavy (non-hydrogen) atoms. The molecule has 0 saturated carbocycles. The molecule has 4 heteroatoms. The first kappa shape index (κ1) is 13.2. The minimum atomic E-state index is -0.229. The van der Waals surface area contributed by atoms with Gasteiger partial charge in [0.1, 0.15) is 5.82 Å². The molecule has 0 bridgehead atoms. The van der Waals surface area contributed by atoms with Gasteiger partial charge in [-0.25, -0.2) is 4.39 Å². The van der Waals surface area contributed by atoms with Crippen molar-refractivity contribution in [1.29, 1.82) is 0 Å². The Labute approximate surface area is 103 Å². The molecule has 0 aromatic heterocycles. The average molecular weight is 288 g/mol. The van der Waals surface area contributed by atoms with Crippen LogP contribution >= 0.6 is 15.9 Å². The van der Waals surface area contributed by atoms with Crippen LogP contribution in [0.4, 0.5) is 4.39 Å². The molecule has 1 aromatic rings. The molecule has 0 aliphatic carbocycles. The van der Waals surface area contributed by atoms with Crippen LogP contribution in [-0.2, 0) is 11.2 Å². The summed E-state index contributed by atoms with van der Waals surface area (Å²) in [6, 6.07) is 4.82. The van der Waals surface area contributed by atoms with Crippen molar-refractivity contribution >= 4 is 21.8 Å². The lowest BCUT2D eigenvalue weighted by atomic mass is 10.1. The Balaban J connectivity index is 2.42. The zero-order valence-corrected chi connectivity index (χ0v) is 10.8. The van der Waals surface area contributed by atoms with E-state index in [1.54, 1.807) is 12.1 Å². The highest BCUT2D eigenvalue weighted by Gasteiger charge is 2.04. The van der Waals surface area contributed by atoms with Crippen molar-refractivity contribution in [2.24, 2.45) is 0 Å². The van der Waals surface area contributed by atoms with Gasteiger partial charge in [-0.15, -0.1) is 0 Å². The van der Waals surface area contributed by atoms with E-state index >= 15 is 0 Å². The van der Waals surface area contributed by atoms with Crippen molar-refractivity contribution < 1.29 is 9.18 Å². The molecule has 0 heterocycles. The molecule has 0 aliphatic rings. The number of amides is 1. The van der Waals surface area contributed by atoms with Crippen LogP contribution in [0.5, 0.6) is 0 Å². The molecule has 0 fully saturated rings. The molecule has 88 valence electrons. The molecule has 0 spiro atoms. The van der Waals surface area contributed by atoms with E-state index < -0.39 is 0 Å². The van der Waals surface area contributed by atoms with E-state index in [9.17, 15) is 9.18 Å². The monoisotopic (exact) mass is 287 g/mol. The molecule has 2 nitrogen and oxygen atoms in total. The van der Waals surface area contributed by atoms with Gasteiger partial charge in [0.25, 0.3) is 0 Å². The van der Waals surface area contributed by atoms with Crippen molar-refractivity contribution in [3.05, 3.63) is 34.1 Å². The number of carbonyl (C=O) groups excluding carboxylic acids is 1. The van der Waals surface area contributed by atoms with Crippen molar-refractivity contribution in [2.45, 2.75) is 26.2 Å². The number of hydrogen-bond donors (Lipinski definition) is 1. The van der Waals surface area contributed by atoms with Gasteiger partial charge in [0, 0.05) is 17.4 Å². The second-order valence-corrected chi connectivity index (χ2v) is 4.50. The van der Waals surface area contributed by atoms with Gasteiger partial charge in [-0.3, -0.25) is 4.79 Å². The zero-order valence-electron chi connectivity index (χ0n) is 9.22. The van der Waals surface area contributed by atoms with Gasteiger partial charge in [0.15, 0.2) is 0 Å². The van der Waals surface area contributed by atoms with Crippen molar-refractivity contribution in [2.75, 3.05) is 6.54 Å². The minimum absolute atomic E-state index is 0.0258. The maximum Gasteiger partial charge on any atom is 0.219 e. The molecule has 1 N–H and O–H groups in total. The van der Waals surface area contributed by atoms with Gasteiger partial charge < -0.3 is 5.32 Å². The SMILES string of the molecule is CCCC(=O)NCCc1cc(Br)ccc1F. The first-order valence-electron chi connectivity index (χ1n) is 5.34. The molecule has 0 radical (unpaired) electrons. The topological polar surface area (TPSA) is 29.1 Å². The van der Waals surface area contributed by atoms with Crippen LogP contribution in [0, 0.1) is 5.82 Å². The maximum absolute atomic E-state index is 13.3. The van der Waals surface area contributed by atoms with E-state index in [0.29, 0.717) is 24.9 Å². The fraction of sp³-hybridized carbons (Fsp3) is 0.417. The number of carbonyl (C=O) groups is 1. The smallest absolute Gasteiger partial charge is 0.219 e. The van der Waals surface area contributed by atoms with Gasteiger partial charge in [0.2, 0.25) is 5.91 Å². The van der Waals surface area contributed by atoms with Crippen LogP contribution in [0.15, 0.2) is 22.7 Å². The van der Waals surface area contributed by atoms with Gasteiger partial charge in [-0.2, -0.15) is 0 Å². The summed E-state index contributed by atoms with van der Waals surface area (Å²) < 4.78 is 14.2. The Morgan fingerprint density at radius 2 is 2.25 bits per heavy atom. The van der Waals surface area contributed by atoms with Gasteiger partial charge in [-0.05, 0) is 36.6 Å². The summed E-state index contributed by atoms with van der Waals surface area (Å²) in [7, 11) is 0. The first-order valence-corrected chi connectivity index (χ1v) is 6.13. The summed E-state index contributed by atoms with van der Waals surface area (Å²) in [5, 5.41) is 2.76. The Kier molecular flexibility index (Phi) is 5.46. The molecular formula is C12H15BrFNO. The number of benzene rings is 1. The molecular weight excluding hydrogens is 273 g/mol. The highest BCUT2D eigenvalue weighted by atomic mass is 79.9. The third-order valence-corrected chi connectivity index (χ3v) is 2.69. The summed E-state index contributed by atoms with van der Waals surface area (Å²) in [6.45, 7) is 2.43. The standard InChI is InChI=1S/C12H15BrFNO/c1-2-3-12(16)15-7-6-9-8-10(13)4-5-11(9)14/h4-5,8H,2-3,6-7H2,1H3,(H,15,16). The van der Waals surface area contributed by atoms with E-state index in [2.05, 4.69) is 21.2 Å². The maximum atomic E-state index is 13.3. The number of halogens is 2. The second-order valence-electron chi connectivity index (χ2n) is 3.59. The molecule has 1 amide bonds. The summed E-state index contributed by atoms with van der Waals surface area (Å²) in [6.07, 6.45) is 1.87. The van der Waals surface area contributed by atoms with Crippen LogP contribution < -0.4 is 5.32 Å². The molecule has 1 rings (SSSR count). The number of rotatable bonds is 5. The van der Waals surface area contributed by atoms with Crippen LogP contribution in [0.1, 0.15) is 25.3 Å². The van der Waals surface area contributed by atoms with Crippen molar-refractivity contribution in [3.63, 3.8) is 0 Å². The fourth-order valence-corrected chi connectivity index (χ4v) is 1.80. The third-order valence-electron chi connectivity index (χ3n) is 2.20. The van der Waals surface area contributed by atoms with Crippen LogP contribution in [-0.4, -0.2) is 12.5 Å². The highest BCUT2D eigenvalue weighted by Crippen LogP contribution is 2.15. The summed E-state index contributed by atoms with van der Waals surface area (Å²) in [4.78, 5) is 11.2. The lowest BCUT2D eigenvalue weighted by molar-refractivity contribution is -0.121. The lowest BCUT2D eigenvalue weighted by Crippen LogP contribution is -2.25. The van der Waals surface area contributed by atoms with Gasteiger partial charge in [-0.1, -0.05) is 22.9 Å². The molecule has 0 unspecified atom stereocenters. The normalized spacial score (nSPS) is 10.2. The van der Waals surface area contributed by atoms with E-state index in [0.717, 1.165) is 10.9 Å². The highest BCUT2D eigenvalue weighted by molar-refractivity contribution is 9.10. The summed E-state index contributed by atoms with van der Waals surface area (Å²) in [5.74, 6) is -0.203. The molecule has 0 saturated heterocycles. The molecule has 0 aliphatic heterocycles. The third kappa shape index (κ3) is 4.31. The van der Waals surface area contributed by atoms with Crippen molar-refractivity contribution in [3.8, 4) is 0 Å². The van der Waals surface area contributed by atoms with E-state index in [-0.39, 0.29) is 11.7 Å². The Morgan fingerprint density at radius 3 is 2.94 bits per heavy atom. The van der Waals surface area contributed by atoms with Gasteiger partial charge in [0.05, 0.1) is 0 Å².